The van der Waals surface area contributed by atoms with Crippen molar-refractivity contribution in [3.05, 3.63) is 77.5 Å². The average molecular weight is 267 g/mol. The Balaban J connectivity index is 2.70. The lowest BCUT2D eigenvalue weighted by molar-refractivity contribution is 0.471. The van der Waals surface area contributed by atoms with E-state index in [2.05, 4.69) is 69.3 Å². The lowest BCUT2D eigenvalue weighted by Crippen LogP contribution is -2.18. The third kappa shape index (κ3) is 5.31. The van der Waals surface area contributed by atoms with E-state index in [1.54, 1.807) is 0 Å². The number of rotatable bonds is 6. The van der Waals surface area contributed by atoms with E-state index in [1.807, 2.05) is 19.1 Å². The molecule has 0 N–H and O–H groups in total. The quantitative estimate of drug-likeness (QED) is 0.657. The molecule has 0 aliphatic rings. The molecule has 0 atom stereocenters. The number of aryl methyl sites for hydroxylation is 1. The van der Waals surface area contributed by atoms with Gasteiger partial charge in [-0.15, -0.1) is 0 Å². The fourth-order valence-corrected chi connectivity index (χ4v) is 1.90. The first-order chi connectivity index (χ1) is 9.40. The monoisotopic (exact) mass is 267 g/mol. The van der Waals surface area contributed by atoms with Crippen LogP contribution in [0.5, 0.6) is 0 Å². The molecular weight excluding hydrogens is 242 g/mol. The van der Waals surface area contributed by atoms with Gasteiger partial charge in [0.25, 0.3) is 0 Å². The van der Waals surface area contributed by atoms with Gasteiger partial charge in [-0.1, -0.05) is 60.7 Å². The summed E-state index contributed by atoms with van der Waals surface area (Å²) in [6.45, 7) is 15.1. The molecule has 106 valence electrons. The summed E-state index contributed by atoms with van der Waals surface area (Å²) >= 11 is 0. The SMILES string of the molecule is C=C(C)/C=C\C(=C)N(C)C/C(C)=C/c1ccccc1C. The number of benzene rings is 1. The summed E-state index contributed by atoms with van der Waals surface area (Å²) in [5.41, 5.74) is 5.92. The Bertz CT molecular complexity index is 547. The third-order valence-corrected chi connectivity index (χ3v) is 3.13. The Morgan fingerprint density at radius 1 is 1.15 bits per heavy atom. The van der Waals surface area contributed by atoms with Gasteiger partial charge in [-0.2, -0.15) is 0 Å². The predicted octanol–water partition coefficient (Wildman–Crippen LogP) is 4.98. The Hall–Kier alpha value is -2.02. The van der Waals surface area contributed by atoms with Crippen molar-refractivity contribution in [1.29, 1.82) is 0 Å². The average Bonchev–Trinajstić information content (AvgIpc) is 2.38. The molecule has 0 amide bonds. The smallest absolute Gasteiger partial charge is 0.0386 e. The van der Waals surface area contributed by atoms with Crippen LogP contribution in [0.25, 0.3) is 6.08 Å². The molecule has 20 heavy (non-hydrogen) atoms. The van der Waals surface area contributed by atoms with Crippen molar-refractivity contribution in [2.75, 3.05) is 13.6 Å². The number of hydrogen-bond donors (Lipinski definition) is 0. The van der Waals surface area contributed by atoms with E-state index in [9.17, 15) is 0 Å². The first kappa shape index (κ1) is 16.0. The highest BCUT2D eigenvalue weighted by Crippen LogP contribution is 2.13. The normalized spacial score (nSPS) is 11.7. The Morgan fingerprint density at radius 2 is 1.80 bits per heavy atom. The second-order valence-electron chi connectivity index (χ2n) is 5.37. The molecule has 0 saturated heterocycles. The zero-order valence-electron chi connectivity index (χ0n) is 13.1. The van der Waals surface area contributed by atoms with Crippen LogP contribution in [0.4, 0.5) is 0 Å². The minimum atomic E-state index is 0.869. The molecular formula is C19H25N. The minimum absolute atomic E-state index is 0.869. The molecule has 0 fully saturated rings. The van der Waals surface area contributed by atoms with Gasteiger partial charge < -0.3 is 4.90 Å². The van der Waals surface area contributed by atoms with Crippen LogP contribution in [0.2, 0.25) is 0 Å². The minimum Gasteiger partial charge on any atom is -0.371 e. The summed E-state index contributed by atoms with van der Waals surface area (Å²) in [6.07, 6.45) is 6.23. The molecule has 1 aromatic rings. The molecule has 0 radical (unpaired) electrons. The van der Waals surface area contributed by atoms with Crippen molar-refractivity contribution in [3.8, 4) is 0 Å². The number of hydrogen-bond acceptors (Lipinski definition) is 1. The topological polar surface area (TPSA) is 3.24 Å². The summed E-state index contributed by atoms with van der Waals surface area (Å²) in [6, 6.07) is 8.43. The van der Waals surface area contributed by atoms with E-state index in [0.717, 1.165) is 17.8 Å². The van der Waals surface area contributed by atoms with Crippen LogP contribution in [0.15, 0.2) is 66.4 Å². The van der Waals surface area contributed by atoms with E-state index in [0.29, 0.717) is 0 Å². The molecule has 0 aliphatic carbocycles. The van der Waals surface area contributed by atoms with Gasteiger partial charge in [0, 0.05) is 19.3 Å². The molecule has 0 spiro atoms. The summed E-state index contributed by atoms with van der Waals surface area (Å²) in [5, 5.41) is 0. The van der Waals surface area contributed by atoms with Gasteiger partial charge in [0.15, 0.2) is 0 Å². The predicted molar refractivity (Wildman–Crippen MR) is 90.6 cm³/mol. The van der Waals surface area contributed by atoms with E-state index in [4.69, 9.17) is 0 Å². The molecule has 1 rings (SSSR count). The molecule has 0 saturated carbocycles. The fraction of sp³-hybridized carbons (Fsp3) is 0.263. The standard InChI is InChI=1S/C19H25N/c1-15(2)11-12-18(5)20(6)14-16(3)13-19-10-8-7-9-17(19)4/h7-13H,1,5,14H2,2-4,6H3/b12-11-,16-13+. The van der Waals surface area contributed by atoms with Crippen LogP contribution in [-0.4, -0.2) is 18.5 Å². The fourth-order valence-electron chi connectivity index (χ4n) is 1.90. The number of likely N-dealkylation sites (N-methyl/N-ethyl adjacent to an activating group) is 1. The Kier molecular flexibility index (Phi) is 6.05. The molecule has 0 aromatic heterocycles. The van der Waals surface area contributed by atoms with Gasteiger partial charge in [-0.25, -0.2) is 0 Å². The first-order valence-corrected chi connectivity index (χ1v) is 6.86. The van der Waals surface area contributed by atoms with Crippen molar-refractivity contribution in [2.24, 2.45) is 0 Å². The number of allylic oxidation sites excluding steroid dienone is 3. The lowest BCUT2D eigenvalue weighted by Gasteiger charge is -2.20. The molecule has 1 aromatic carbocycles. The zero-order chi connectivity index (χ0) is 15.1. The van der Waals surface area contributed by atoms with Crippen molar-refractivity contribution >= 4 is 6.08 Å². The summed E-state index contributed by atoms with van der Waals surface area (Å²) in [4.78, 5) is 2.14. The third-order valence-electron chi connectivity index (χ3n) is 3.13. The van der Waals surface area contributed by atoms with E-state index in [1.165, 1.54) is 16.7 Å². The maximum atomic E-state index is 4.08. The van der Waals surface area contributed by atoms with Crippen molar-refractivity contribution in [1.82, 2.24) is 4.90 Å². The van der Waals surface area contributed by atoms with Gasteiger partial charge in [0.1, 0.15) is 0 Å². The maximum absolute atomic E-state index is 4.08. The second-order valence-corrected chi connectivity index (χ2v) is 5.37. The molecule has 0 bridgehead atoms. The van der Waals surface area contributed by atoms with Gasteiger partial charge in [-0.05, 0) is 38.0 Å². The Morgan fingerprint density at radius 3 is 2.40 bits per heavy atom. The van der Waals surface area contributed by atoms with E-state index >= 15 is 0 Å². The molecule has 1 nitrogen and oxygen atoms in total. The Labute approximate surface area is 123 Å². The largest absolute Gasteiger partial charge is 0.371 e. The van der Waals surface area contributed by atoms with Crippen molar-refractivity contribution < 1.29 is 0 Å². The highest BCUT2D eigenvalue weighted by molar-refractivity contribution is 5.56. The summed E-state index contributed by atoms with van der Waals surface area (Å²) in [7, 11) is 2.06. The van der Waals surface area contributed by atoms with Crippen molar-refractivity contribution in [3.63, 3.8) is 0 Å². The highest BCUT2D eigenvalue weighted by Gasteiger charge is 2.01. The van der Waals surface area contributed by atoms with Crippen LogP contribution >= 0.6 is 0 Å². The summed E-state index contributed by atoms with van der Waals surface area (Å²) < 4.78 is 0. The van der Waals surface area contributed by atoms with E-state index < -0.39 is 0 Å². The first-order valence-electron chi connectivity index (χ1n) is 6.86. The summed E-state index contributed by atoms with van der Waals surface area (Å²) in [5.74, 6) is 0. The zero-order valence-corrected chi connectivity index (χ0v) is 13.1. The molecule has 0 unspecified atom stereocenters. The van der Waals surface area contributed by atoms with Crippen LogP contribution in [-0.2, 0) is 0 Å². The highest BCUT2D eigenvalue weighted by atomic mass is 15.1. The maximum Gasteiger partial charge on any atom is 0.0386 e. The molecule has 0 heterocycles. The van der Waals surface area contributed by atoms with Crippen molar-refractivity contribution in [2.45, 2.75) is 20.8 Å². The van der Waals surface area contributed by atoms with Gasteiger partial charge in [0.2, 0.25) is 0 Å². The van der Waals surface area contributed by atoms with Gasteiger partial charge in [-0.3, -0.25) is 0 Å². The lowest BCUT2D eigenvalue weighted by atomic mass is 10.1. The van der Waals surface area contributed by atoms with Crippen LogP contribution in [0.3, 0.4) is 0 Å². The van der Waals surface area contributed by atoms with Crippen LogP contribution in [0.1, 0.15) is 25.0 Å². The number of nitrogens with zero attached hydrogens (tertiary/aromatic N) is 1. The van der Waals surface area contributed by atoms with E-state index in [-0.39, 0.29) is 0 Å². The van der Waals surface area contributed by atoms with Gasteiger partial charge >= 0.3 is 0 Å². The molecule has 1 heteroatoms. The van der Waals surface area contributed by atoms with Crippen LogP contribution < -0.4 is 0 Å². The molecule has 0 aliphatic heterocycles. The van der Waals surface area contributed by atoms with Gasteiger partial charge in [0.05, 0.1) is 0 Å². The van der Waals surface area contributed by atoms with Crippen LogP contribution in [0, 0.1) is 6.92 Å². The second kappa shape index (κ2) is 7.54.